The minimum absolute atomic E-state index is 0.217. The number of carbonyl (C=O) groups excluding carboxylic acids is 1. The Morgan fingerprint density at radius 2 is 1.44 bits per heavy atom. The molecular formula is C22H24N2O. The van der Waals surface area contributed by atoms with Gasteiger partial charge < -0.3 is 4.57 Å². The van der Waals surface area contributed by atoms with Crippen LogP contribution in [0.5, 0.6) is 0 Å². The normalized spacial score (nSPS) is 12.1. The van der Waals surface area contributed by atoms with Gasteiger partial charge >= 0.3 is 0 Å². The van der Waals surface area contributed by atoms with Crippen LogP contribution in [0.3, 0.4) is 0 Å². The monoisotopic (exact) mass is 332 g/mol. The number of carbonyl (C=O) groups is 1. The summed E-state index contributed by atoms with van der Waals surface area (Å²) in [6.45, 7) is 5.93. The van der Waals surface area contributed by atoms with Crippen LogP contribution in [0.25, 0.3) is 0 Å². The average molecular weight is 332 g/mol. The van der Waals surface area contributed by atoms with Gasteiger partial charge in [0.25, 0.3) is 0 Å². The van der Waals surface area contributed by atoms with Gasteiger partial charge in [0.15, 0.2) is 0 Å². The van der Waals surface area contributed by atoms with Crippen LogP contribution in [0.1, 0.15) is 38.3 Å². The molecule has 3 aromatic rings. The molecule has 0 N–H and O–H groups in total. The molecule has 3 heteroatoms. The molecule has 3 nitrogen and oxygen atoms in total. The van der Waals surface area contributed by atoms with Crippen molar-refractivity contribution in [3.05, 3.63) is 90.5 Å². The number of nitrogens with zero attached hydrogens (tertiary/aromatic N) is 2. The van der Waals surface area contributed by atoms with Gasteiger partial charge in [0, 0.05) is 24.2 Å². The summed E-state index contributed by atoms with van der Waals surface area (Å²) in [4.78, 5) is 17.3. The molecular weight excluding hydrogens is 308 g/mol. The minimum atomic E-state index is -0.608. The quantitative estimate of drug-likeness (QED) is 0.680. The summed E-state index contributed by atoms with van der Waals surface area (Å²) in [5, 5.41) is 0. The number of aromatic nitrogens is 2. The van der Waals surface area contributed by atoms with Crippen LogP contribution in [-0.4, -0.2) is 15.3 Å². The third kappa shape index (κ3) is 3.27. The highest BCUT2D eigenvalue weighted by Gasteiger charge is 2.40. The average Bonchev–Trinajstić information content (AvgIpc) is 3.15. The Kier molecular flexibility index (Phi) is 4.58. The largest absolute Gasteiger partial charge is 0.323 e. The molecule has 0 spiro atoms. The zero-order valence-electron chi connectivity index (χ0n) is 15.0. The Bertz CT molecular complexity index is 776. The lowest BCUT2D eigenvalue weighted by atomic mass is 9.74. The van der Waals surface area contributed by atoms with Gasteiger partial charge in [-0.05, 0) is 11.1 Å². The van der Waals surface area contributed by atoms with E-state index in [2.05, 4.69) is 33.8 Å². The van der Waals surface area contributed by atoms with E-state index in [1.54, 1.807) is 12.5 Å². The zero-order valence-corrected chi connectivity index (χ0v) is 15.0. The van der Waals surface area contributed by atoms with Crippen LogP contribution in [-0.2, 0) is 10.3 Å². The second kappa shape index (κ2) is 6.67. The smallest absolute Gasteiger partial charge is 0.141 e. The number of ketones is 1. The van der Waals surface area contributed by atoms with Crippen molar-refractivity contribution >= 4 is 5.78 Å². The van der Waals surface area contributed by atoms with Crippen molar-refractivity contribution in [1.82, 2.24) is 9.55 Å². The van der Waals surface area contributed by atoms with Crippen LogP contribution in [0.4, 0.5) is 0 Å². The molecule has 128 valence electrons. The molecule has 0 aliphatic rings. The van der Waals surface area contributed by atoms with Gasteiger partial charge in [-0.25, -0.2) is 4.98 Å². The van der Waals surface area contributed by atoms with E-state index in [1.165, 1.54) is 0 Å². The van der Waals surface area contributed by atoms with Crippen molar-refractivity contribution < 1.29 is 4.79 Å². The topological polar surface area (TPSA) is 34.9 Å². The van der Waals surface area contributed by atoms with Crippen molar-refractivity contribution in [2.75, 3.05) is 0 Å². The molecule has 0 atom stereocenters. The molecule has 2 aromatic carbocycles. The van der Waals surface area contributed by atoms with E-state index in [0.717, 1.165) is 11.1 Å². The highest BCUT2D eigenvalue weighted by atomic mass is 16.1. The van der Waals surface area contributed by atoms with E-state index < -0.39 is 11.0 Å². The molecule has 0 aliphatic carbocycles. The van der Waals surface area contributed by atoms with E-state index in [0.29, 0.717) is 6.42 Å². The number of imidazole rings is 1. The van der Waals surface area contributed by atoms with Crippen LogP contribution >= 0.6 is 0 Å². The van der Waals surface area contributed by atoms with Crippen molar-refractivity contribution in [2.24, 2.45) is 5.41 Å². The molecule has 0 fully saturated rings. The molecule has 3 rings (SSSR count). The van der Waals surface area contributed by atoms with Gasteiger partial charge in [0.05, 0.1) is 6.33 Å². The Morgan fingerprint density at radius 3 is 1.84 bits per heavy atom. The second-order valence-electron chi connectivity index (χ2n) is 7.41. The summed E-state index contributed by atoms with van der Waals surface area (Å²) in [5.74, 6) is 0.217. The maximum atomic E-state index is 13.1. The lowest BCUT2D eigenvalue weighted by Crippen LogP contribution is -2.40. The van der Waals surface area contributed by atoms with E-state index in [-0.39, 0.29) is 5.78 Å². The number of hydrogen-bond acceptors (Lipinski definition) is 2. The number of rotatable bonds is 5. The molecule has 1 heterocycles. The summed E-state index contributed by atoms with van der Waals surface area (Å²) in [6, 6.07) is 20.4. The Balaban J connectivity index is 2.27. The molecule has 0 saturated heterocycles. The first-order chi connectivity index (χ1) is 11.9. The summed E-state index contributed by atoms with van der Waals surface area (Å²) in [5.41, 5.74) is 1.15. The van der Waals surface area contributed by atoms with Gasteiger partial charge in [0.1, 0.15) is 11.3 Å². The molecule has 0 amide bonds. The highest BCUT2D eigenvalue weighted by molar-refractivity contribution is 5.85. The fourth-order valence-corrected chi connectivity index (χ4v) is 3.17. The molecule has 0 bridgehead atoms. The summed E-state index contributed by atoms with van der Waals surface area (Å²) >= 11 is 0. The van der Waals surface area contributed by atoms with E-state index in [1.807, 2.05) is 63.4 Å². The van der Waals surface area contributed by atoms with Gasteiger partial charge in [0.2, 0.25) is 0 Å². The zero-order chi connectivity index (χ0) is 17.9. The third-order valence-corrected chi connectivity index (χ3v) is 4.70. The predicted molar refractivity (Wildman–Crippen MR) is 100 cm³/mol. The molecule has 0 saturated carbocycles. The number of hydrogen-bond donors (Lipinski definition) is 0. The number of benzene rings is 2. The Labute approximate surface area is 149 Å². The van der Waals surface area contributed by atoms with Crippen molar-refractivity contribution in [1.29, 1.82) is 0 Å². The van der Waals surface area contributed by atoms with E-state index in [4.69, 9.17) is 0 Å². The van der Waals surface area contributed by atoms with Crippen LogP contribution in [0, 0.1) is 5.41 Å². The maximum absolute atomic E-state index is 13.1. The molecule has 25 heavy (non-hydrogen) atoms. The minimum Gasteiger partial charge on any atom is -0.323 e. The lowest BCUT2D eigenvalue weighted by Gasteiger charge is -2.37. The van der Waals surface area contributed by atoms with Gasteiger partial charge in [-0.3, -0.25) is 4.79 Å². The van der Waals surface area contributed by atoms with E-state index in [9.17, 15) is 4.79 Å². The van der Waals surface area contributed by atoms with Crippen LogP contribution < -0.4 is 0 Å². The Morgan fingerprint density at radius 1 is 0.920 bits per heavy atom. The first-order valence-corrected chi connectivity index (χ1v) is 8.57. The molecule has 0 radical (unpaired) electrons. The fraction of sp³-hybridized carbons (Fsp3) is 0.273. The standard InChI is InChI=1S/C22H24N2O/c1-21(2,3)20(25)16-22(24-15-14-23-17-24,18-10-6-4-7-11-18)19-12-8-5-9-13-19/h4-15,17H,16H2,1-3H3. The van der Waals surface area contributed by atoms with E-state index >= 15 is 0 Å². The summed E-state index contributed by atoms with van der Waals surface area (Å²) in [6.07, 6.45) is 5.88. The molecule has 1 aromatic heterocycles. The van der Waals surface area contributed by atoms with Crippen LogP contribution in [0.15, 0.2) is 79.4 Å². The lowest BCUT2D eigenvalue weighted by molar-refractivity contribution is -0.127. The van der Waals surface area contributed by atoms with Crippen LogP contribution in [0.2, 0.25) is 0 Å². The van der Waals surface area contributed by atoms with Gasteiger partial charge in [-0.1, -0.05) is 81.4 Å². The van der Waals surface area contributed by atoms with Crippen molar-refractivity contribution in [2.45, 2.75) is 32.7 Å². The molecule has 0 aliphatic heterocycles. The Hall–Kier alpha value is -2.68. The molecule has 0 unspecified atom stereocenters. The van der Waals surface area contributed by atoms with Gasteiger partial charge in [-0.15, -0.1) is 0 Å². The summed E-state index contributed by atoms with van der Waals surface area (Å²) < 4.78 is 2.06. The number of Topliss-reactive ketones (excluding diaryl/α,β-unsaturated/α-hetero) is 1. The fourth-order valence-electron chi connectivity index (χ4n) is 3.17. The predicted octanol–water partition coefficient (Wildman–Crippen LogP) is 4.68. The summed E-state index contributed by atoms with van der Waals surface area (Å²) in [7, 11) is 0. The van der Waals surface area contributed by atoms with Crippen molar-refractivity contribution in [3.8, 4) is 0 Å². The SMILES string of the molecule is CC(C)(C)C(=O)CC(c1ccccc1)(c1ccccc1)n1ccnc1. The second-order valence-corrected chi connectivity index (χ2v) is 7.41. The third-order valence-electron chi connectivity index (χ3n) is 4.70. The highest BCUT2D eigenvalue weighted by Crippen LogP contribution is 2.39. The first kappa shape index (κ1) is 17.2. The van der Waals surface area contributed by atoms with Crippen molar-refractivity contribution in [3.63, 3.8) is 0 Å². The maximum Gasteiger partial charge on any atom is 0.141 e. The first-order valence-electron chi connectivity index (χ1n) is 8.57. The van der Waals surface area contributed by atoms with Gasteiger partial charge in [-0.2, -0.15) is 0 Å².